The highest BCUT2D eigenvalue weighted by Gasteiger charge is 2.56. The SMILES string of the molecule is CN(c1cnc(-c2cc(F)c(-c3ccn[nH]3)cc2O)cn1)[C@H]1C[C@]2(C)CC[C@@](C)(N2)[C@H]1F. The van der Waals surface area contributed by atoms with E-state index in [2.05, 4.69) is 32.4 Å². The average Bonchev–Trinajstić information content (AvgIpc) is 3.39. The lowest BCUT2D eigenvalue weighted by Crippen LogP contribution is -2.65. The number of nitrogens with zero attached hydrogens (tertiary/aromatic N) is 4. The number of phenols is 1. The van der Waals surface area contributed by atoms with Crippen LogP contribution in [0.5, 0.6) is 5.75 Å². The molecule has 1 aromatic carbocycles. The van der Waals surface area contributed by atoms with Crippen LogP contribution in [-0.2, 0) is 0 Å². The van der Waals surface area contributed by atoms with Gasteiger partial charge in [0.1, 0.15) is 23.6 Å². The molecule has 5 rings (SSSR count). The van der Waals surface area contributed by atoms with Crippen LogP contribution in [0.4, 0.5) is 14.6 Å². The van der Waals surface area contributed by atoms with E-state index in [1.807, 2.05) is 18.9 Å². The number of alkyl halides is 1. The highest BCUT2D eigenvalue weighted by molar-refractivity contribution is 5.73. The Labute approximate surface area is 184 Å². The molecule has 2 fully saturated rings. The van der Waals surface area contributed by atoms with Crippen molar-refractivity contribution in [3.05, 3.63) is 42.6 Å². The highest BCUT2D eigenvalue weighted by atomic mass is 19.1. The zero-order valence-electron chi connectivity index (χ0n) is 18.2. The fraction of sp³-hybridized carbons (Fsp3) is 0.435. The molecule has 9 heteroatoms. The van der Waals surface area contributed by atoms with E-state index in [-0.39, 0.29) is 28.5 Å². The van der Waals surface area contributed by atoms with Crippen molar-refractivity contribution in [3.63, 3.8) is 0 Å². The van der Waals surface area contributed by atoms with Crippen molar-refractivity contribution >= 4 is 5.82 Å². The number of nitrogens with one attached hydrogen (secondary N) is 2. The summed E-state index contributed by atoms with van der Waals surface area (Å²) in [4.78, 5) is 10.7. The van der Waals surface area contributed by atoms with Gasteiger partial charge in [0.25, 0.3) is 0 Å². The normalized spacial score (nSPS) is 29.3. The van der Waals surface area contributed by atoms with Gasteiger partial charge in [-0.3, -0.25) is 10.1 Å². The number of benzene rings is 1. The van der Waals surface area contributed by atoms with Gasteiger partial charge in [-0.1, -0.05) is 0 Å². The Morgan fingerprint density at radius 1 is 1.16 bits per heavy atom. The molecule has 0 saturated carbocycles. The molecule has 2 bridgehead atoms. The second kappa shape index (κ2) is 7.23. The van der Waals surface area contributed by atoms with Gasteiger partial charge < -0.3 is 15.3 Å². The molecule has 32 heavy (non-hydrogen) atoms. The minimum Gasteiger partial charge on any atom is -0.507 e. The predicted octanol–water partition coefficient (Wildman–Crippen LogP) is 3.83. The van der Waals surface area contributed by atoms with E-state index in [0.717, 1.165) is 12.8 Å². The van der Waals surface area contributed by atoms with Gasteiger partial charge in [-0.05, 0) is 51.3 Å². The second-order valence-corrected chi connectivity index (χ2v) is 9.47. The van der Waals surface area contributed by atoms with Crippen LogP contribution in [0.15, 0.2) is 36.8 Å². The molecule has 7 nitrogen and oxygen atoms in total. The lowest BCUT2D eigenvalue weighted by atomic mass is 9.82. The molecule has 168 valence electrons. The lowest BCUT2D eigenvalue weighted by molar-refractivity contribution is 0.0859. The van der Waals surface area contributed by atoms with Gasteiger partial charge in [-0.15, -0.1) is 0 Å². The van der Waals surface area contributed by atoms with Crippen LogP contribution in [0.2, 0.25) is 0 Å². The lowest BCUT2D eigenvalue weighted by Gasteiger charge is -2.47. The molecule has 0 radical (unpaired) electrons. The summed E-state index contributed by atoms with van der Waals surface area (Å²) in [7, 11) is 1.83. The average molecular weight is 440 g/mol. The third-order valence-electron chi connectivity index (χ3n) is 7.04. The van der Waals surface area contributed by atoms with Crippen molar-refractivity contribution in [3.8, 4) is 28.3 Å². The standard InChI is InChI=1S/C23H26F2N6O/c1-22-5-6-23(2,30-22)21(25)18(10-22)31(3)20-12-26-17(11-27-20)14-8-15(24)13(9-19(14)32)16-4-7-28-29-16/h4,7-9,11-12,18,21,30,32H,5-6,10H2,1-3H3,(H,28,29)/t18-,21-,22-,23+/m0/s1. The van der Waals surface area contributed by atoms with Gasteiger partial charge in [0, 0.05) is 35.4 Å². The number of piperidine rings is 1. The van der Waals surface area contributed by atoms with Crippen LogP contribution in [0.3, 0.4) is 0 Å². The maximum atomic E-state index is 15.4. The minimum absolute atomic E-state index is 0.0939. The van der Waals surface area contributed by atoms with Crippen LogP contribution in [0.1, 0.15) is 33.1 Å². The minimum atomic E-state index is -1.04. The number of H-pyrrole nitrogens is 1. The number of hydrogen-bond donors (Lipinski definition) is 3. The van der Waals surface area contributed by atoms with Crippen molar-refractivity contribution in [2.24, 2.45) is 0 Å². The molecule has 0 aliphatic carbocycles. The maximum absolute atomic E-state index is 15.4. The molecular weight excluding hydrogens is 414 g/mol. The smallest absolute Gasteiger partial charge is 0.147 e. The first kappa shape index (κ1) is 20.8. The van der Waals surface area contributed by atoms with E-state index in [4.69, 9.17) is 0 Å². The number of phenolic OH excluding ortho intramolecular Hbond substituents is 1. The fourth-order valence-electron chi connectivity index (χ4n) is 5.22. The van der Waals surface area contributed by atoms with Gasteiger partial charge in [0.15, 0.2) is 0 Å². The number of rotatable bonds is 4. The van der Waals surface area contributed by atoms with Gasteiger partial charge >= 0.3 is 0 Å². The first-order chi connectivity index (χ1) is 15.2. The van der Waals surface area contributed by atoms with Crippen LogP contribution >= 0.6 is 0 Å². The zero-order valence-corrected chi connectivity index (χ0v) is 18.2. The van der Waals surface area contributed by atoms with Crippen molar-refractivity contribution < 1.29 is 13.9 Å². The summed E-state index contributed by atoms with van der Waals surface area (Å²) in [6, 6.07) is 3.85. The number of hydrogen-bond acceptors (Lipinski definition) is 6. The predicted molar refractivity (Wildman–Crippen MR) is 118 cm³/mol. The number of halogens is 2. The maximum Gasteiger partial charge on any atom is 0.147 e. The number of aromatic hydroxyl groups is 1. The monoisotopic (exact) mass is 440 g/mol. The summed E-state index contributed by atoms with van der Waals surface area (Å²) in [5.41, 5.74) is 0.602. The molecule has 2 aliphatic heterocycles. The van der Waals surface area contributed by atoms with Gasteiger partial charge in [-0.2, -0.15) is 5.10 Å². The molecular formula is C23H26F2N6O. The molecule has 2 aromatic heterocycles. The Bertz CT molecular complexity index is 1140. The van der Waals surface area contributed by atoms with Crippen molar-refractivity contribution in [1.29, 1.82) is 0 Å². The largest absolute Gasteiger partial charge is 0.507 e. The topological polar surface area (TPSA) is 90.0 Å². The van der Waals surface area contributed by atoms with E-state index in [9.17, 15) is 9.50 Å². The van der Waals surface area contributed by atoms with Crippen LogP contribution in [0, 0.1) is 5.82 Å². The highest BCUT2D eigenvalue weighted by Crippen LogP contribution is 2.45. The Kier molecular flexibility index (Phi) is 4.70. The van der Waals surface area contributed by atoms with Crippen molar-refractivity contribution in [2.45, 2.75) is 56.4 Å². The summed E-state index contributed by atoms with van der Waals surface area (Å²) in [5, 5.41) is 20.4. The molecule has 3 N–H and O–H groups in total. The first-order valence-corrected chi connectivity index (χ1v) is 10.7. The summed E-state index contributed by atoms with van der Waals surface area (Å²) >= 11 is 0. The van der Waals surface area contributed by atoms with E-state index < -0.39 is 17.5 Å². The zero-order chi connectivity index (χ0) is 22.7. The number of aromatic amines is 1. The molecule has 0 spiro atoms. The third kappa shape index (κ3) is 3.31. The number of anilines is 1. The van der Waals surface area contributed by atoms with Gasteiger partial charge in [-0.25, -0.2) is 13.8 Å². The third-order valence-corrected chi connectivity index (χ3v) is 7.04. The van der Waals surface area contributed by atoms with Crippen LogP contribution in [0.25, 0.3) is 22.5 Å². The number of fused-ring (bicyclic) bond motifs is 2. The first-order valence-electron chi connectivity index (χ1n) is 10.7. The van der Waals surface area contributed by atoms with Crippen LogP contribution in [-0.4, -0.2) is 55.6 Å². The van der Waals surface area contributed by atoms with Crippen LogP contribution < -0.4 is 10.2 Å². The molecule has 2 saturated heterocycles. The Morgan fingerprint density at radius 3 is 2.66 bits per heavy atom. The van der Waals surface area contributed by atoms with Crippen molar-refractivity contribution in [1.82, 2.24) is 25.5 Å². The van der Waals surface area contributed by atoms with E-state index >= 15 is 4.39 Å². The van der Waals surface area contributed by atoms with Gasteiger partial charge in [0.2, 0.25) is 0 Å². The summed E-state index contributed by atoms with van der Waals surface area (Å²) in [5.74, 6) is -0.105. The number of aromatic nitrogens is 4. The quantitative estimate of drug-likeness (QED) is 0.571. The van der Waals surface area contributed by atoms with E-state index in [0.29, 0.717) is 23.6 Å². The molecule has 4 heterocycles. The molecule has 0 unspecified atom stereocenters. The van der Waals surface area contributed by atoms with Gasteiger partial charge in [0.05, 0.1) is 29.8 Å². The molecule has 3 aromatic rings. The molecule has 4 atom stereocenters. The Morgan fingerprint density at radius 2 is 1.97 bits per heavy atom. The second-order valence-electron chi connectivity index (χ2n) is 9.47. The summed E-state index contributed by atoms with van der Waals surface area (Å²) in [6.45, 7) is 4.09. The molecule has 2 aliphatic rings. The Hall–Kier alpha value is -3.07. The summed E-state index contributed by atoms with van der Waals surface area (Å²) in [6.07, 6.45) is 5.90. The van der Waals surface area contributed by atoms with E-state index in [1.54, 1.807) is 6.07 Å². The van der Waals surface area contributed by atoms with E-state index in [1.165, 1.54) is 30.7 Å². The van der Waals surface area contributed by atoms with Crippen molar-refractivity contribution in [2.75, 3.05) is 11.9 Å². The Balaban J connectivity index is 1.41. The summed E-state index contributed by atoms with van der Waals surface area (Å²) < 4.78 is 30.1. The fourth-order valence-corrected chi connectivity index (χ4v) is 5.22. The molecule has 0 amide bonds.